The fourth-order valence-electron chi connectivity index (χ4n) is 3.05. The van der Waals surface area contributed by atoms with Gasteiger partial charge < -0.3 is 10.2 Å². The fraction of sp³-hybridized carbons (Fsp3) is 0.368. The van der Waals surface area contributed by atoms with E-state index < -0.39 is 10.0 Å². The van der Waals surface area contributed by atoms with Crippen LogP contribution >= 0.6 is 0 Å². The van der Waals surface area contributed by atoms with Gasteiger partial charge in [-0.15, -0.1) is 0 Å². The van der Waals surface area contributed by atoms with E-state index in [1.165, 1.54) is 12.1 Å². The van der Waals surface area contributed by atoms with Gasteiger partial charge in [0.15, 0.2) is 0 Å². The van der Waals surface area contributed by atoms with Crippen LogP contribution in [0.4, 0.5) is 0 Å². The molecule has 0 radical (unpaired) electrons. The number of benzene rings is 1. The number of carbonyl (C=O) groups is 1. The van der Waals surface area contributed by atoms with Crippen molar-refractivity contribution in [3.05, 3.63) is 59.9 Å². The van der Waals surface area contributed by atoms with Gasteiger partial charge >= 0.3 is 0 Å². The van der Waals surface area contributed by atoms with Gasteiger partial charge in [0, 0.05) is 50.2 Å². The van der Waals surface area contributed by atoms with Crippen molar-refractivity contribution in [1.29, 1.82) is 0 Å². The van der Waals surface area contributed by atoms with Crippen LogP contribution in [0.3, 0.4) is 0 Å². The third-order valence-corrected chi connectivity index (χ3v) is 5.93. The second-order valence-corrected chi connectivity index (χ2v) is 8.41. The summed E-state index contributed by atoms with van der Waals surface area (Å²) < 4.78 is 27.7. The quantitative estimate of drug-likeness (QED) is 0.771. The smallest absolute Gasteiger partial charge is 0.253 e. The molecule has 0 bridgehead atoms. The van der Waals surface area contributed by atoms with Crippen LogP contribution in [0.25, 0.3) is 0 Å². The highest BCUT2D eigenvalue weighted by Crippen LogP contribution is 2.14. The Morgan fingerprint density at radius 3 is 2.93 bits per heavy atom. The highest BCUT2D eigenvalue weighted by molar-refractivity contribution is 7.89. The van der Waals surface area contributed by atoms with Crippen LogP contribution in [0.15, 0.2) is 53.7 Å². The van der Waals surface area contributed by atoms with E-state index in [9.17, 15) is 13.2 Å². The lowest BCUT2D eigenvalue weighted by Gasteiger charge is -2.32. The first-order valence-corrected chi connectivity index (χ1v) is 10.5. The van der Waals surface area contributed by atoms with E-state index in [0.717, 1.165) is 12.1 Å². The van der Waals surface area contributed by atoms with Crippen molar-refractivity contribution in [2.45, 2.75) is 24.3 Å². The number of nitrogens with zero attached hydrogens (tertiary/aromatic N) is 2. The van der Waals surface area contributed by atoms with Crippen molar-refractivity contribution in [1.82, 2.24) is 19.9 Å². The Labute approximate surface area is 159 Å². The second-order valence-electron chi connectivity index (χ2n) is 6.64. The van der Waals surface area contributed by atoms with Crippen LogP contribution in [0.2, 0.25) is 0 Å². The summed E-state index contributed by atoms with van der Waals surface area (Å²) in [6, 6.07) is 10.2. The number of aromatic nitrogens is 1. The van der Waals surface area contributed by atoms with Crippen molar-refractivity contribution < 1.29 is 13.2 Å². The number of rotatable bonds is 6. The molecule has 27 heavy (non-hydrogen) atoms. The van der Waals surface area contributed by atoms with Gasteiger partial charge in [0.2, 0.25) is 10.0 Å². The van der Waals surface area contributed by atoms with Gasteiger partial charge in [-0.05, 0) is 43.2 Å². The molecule has 3 rings (SSSR count). The molecule has 8 heteroatoms. The molecule has 0 unspecified atom stereocenters. The van der Waals surface area contributed by atoms with E-state index in [0.29, 0.717) is 25.1 Å². The van der Waals surface area contributed by atoms with E-state index >= 15 is 0 Å². The molecule has 1 fully saturated rings. The molecule has 2 N–H and O–H groups in total. The molecule has 1 amide bonds. The maximum atomic E-state index is 12.7. The molecule has 1 aromatic heterocycles. The number of hydrogen-bond donors (Lipinski definition) is 2. The molecule has 2 aromatic rings. The predicted molar refractivity (Wildman–Crippen MR) is 103 cm³/mol. The van der Waals surface area contributed by atoms with Crippen molar-refractivity contribution >= 4 is 15.9 Å². The van der Waals surface area contributed by atoms with Crippen LogP contribution in [-0.4, -0.2) is 56.4 Å². The van der Waals surface area contributed by atoms with Gasteiger partial charge in [0.25, 0.3) is 5.91 Å². The Balaban J connectivity index is 1.67. The predicted octanol–water partition coefficient (Wildman–Crippen LogP) is 1.04. The summed E-state index contributed by atoms with van der Waals surface area (Å²) >= 11 is 0. The van der Waals surface area contributed by atoms with Gasteiger partial charge in [0.1, 0.15) is 0 Å². The van der Waals surface area contributed by atoms with E-state index in [-0.39, 0.29) is 23.4 Å². The Kier molecular flexibility index (Phi) is 6.20. The molecular weight excluding hydrogens is 364 g/mol. The van der Waals surface area contributed by atoms with Gasteiger partial charge in [-0.25, -0.2) is 13.1 Å². The first-order chi connectivity index (χ1) is 13.0. The maximum absolute atomic E-state index is 12.7. The van der Waals surface area contributed by atoms with E-state index in [2.05, 4.69) is 15.0 Å². The summed E-state index contributed by atoms with van der Waals surface area (Å²) in [6.07, 6.45) is 3.93. The summed E-state index contributed by atoms with van der Waals surface area (Å²) in [5.41, 5.74) is 1.34. The molecule has 144 valence electrons. The van der Waals surface area contributed by atoms with Crippen molar-refractivity contribution in [3.8, 4) is 0 Å². The highest BCUT2D eigenvalue weighted by Gasteiger charge is 2.23. The van der Waals surface area contributed by atoms with Crippen LogP contribution in [0.1, 0.15) is 22.8 Å². The molecule has 0 aliphatic carbocycles. The largest absolute Gasteiger partial charge is 0.336 e. The van der Waals surface area contributed by atoms with Crippen LogP contribution in [-0.2, 0) is 16.4 Å². The highest BCUT2D eigenvalue weighted by atomic mass is 32.2. The first kappa shape index (κ1) is 19.5. The number of hydrogen-bond acceptors (Lipinski definition) is 5. The van der Waals surface area contributed by atoms with Crippen LogP contribution in [0.5, 0.6) is 0 Å². The lowest BCUT2D eigenvalue weighted by molar-refractivity contribution is 0.0709. The summed E-state index contributed by atoms with van der Waals surface area (Å²) in [7, 11) is -3.68. The summed E-state index contributed by atoms with van der Waals surface area (Å²) in [5, 5.41) is 3.29. The Bertz CT molecular complexity index is 887. The molecule has 1 aliphatic heterocycles. The number of sulfonamides is 1. The van der Waals surface area contributed by atoms with Gasteiger partial charge in [-0.2, -0.15) is 0 Å². The standard InChI is InChI=1S/C19H24N4O3S/c1-15-14-23(11-10-21-15)19(24)17-5-2-6-18(12-17)27(25,26)22-9-7-16-4-3-8-20-13-16/h2-6,8,12-13,15,21-22H,7,9-11,14H2,1H3/t15-/m0/s1. The Hall–Kier alpha value is -2.29. The number of nitrogens with one attached hydrogen (secondary N) is 2. The average Bonchev–Trinajstić information content (AvgIpc) is 2.68. The zero-order valence-electron chi connectivity index (χ0n) is 15.3. The number of pyridine rings is 1. The third-order valence-electron chi connectivity index (χ3n) is 4.48. The van der Waals surface area contributed by atoms with E-state index in [1.807, 2.05) is 19.1 Å². The molecule has 1 saturated heterocycles. The maximum Gasteiger partial charge on any atom is 0.253 e. The monoisotopic (exact) mass is 388 g/mol. The van der Waals surface area contributed by atoms with Gasteiger partial charge in [0.05, 0.1) is 4.90 Å². The van der Waals surface area contributed by atoms with Crippen molar-refractivity contribution in [2.24, 2.45) is 0 Å². The summed E-state index contributed by atoms with van der Waals surface area (Å²) in [5.74, 6) is -0.143. The second kappa shape index (κ2) is 8.60. The summed E-state index contributed by atoms with van der Waals surface area (Å²) in [6.45, 7) is 4.25. The molecule has 0 saturated carbocycles. The molecule has 0 spiro atoms. The lowest BCUT2D eigenvalue weighted by Crippen LogP contribution is -2.51. The minimum absolute atomic E-state index is 0.0997. The zero-order valence-corrected chi connectivity index (χ0v) is 16.1. The van der Waals surface area contributed by atoms with E-state index in [4.69, 9.17) is 0 Å². The normalized spacial score (nSPS) is 17.7. The SMILES string of the molecule is C[C@H]1CN(C(=O)c2cccc(S(=O)(=O)NCCc3cccnc3)c2)CCN1. The van der Waals surface area contributed by atoms with E-state index in [1.54, 1.807) is 29.4 Å². The number of piperazine rings is 1. The molecule has 1 aliphatic rings. The minimum atomic E-state index is -3.68. The molecule has 1 atom stereocenters. The fourth-order valence-corrected chi connectivity index (χ4v) is 4.13. The average molecular weight is 388 g/mol. The van der Waals surface area contributed by atoms with Gasteiger partial charge in [-0.3, -0.25) is 9.78 Å². The van der Waals surface area contributed by atoms with Crippen molar-refractivity contribution in [2.75, 3.05) is 26.2 Å². The van der Waals surface area contributed by atoms with Gasteiger partial charge in [-0.1, -0.05) is 12.1 Å². The van der Waals surface area contributed by atoms with Crippen molar-refractivity contribution in [3.63, 3.8) is 0 Å². The minimum Gasteiger partial charge on any atom is -0.336 e. The number of amides is 1. The lowest BCUT2D eigenvalue weighted by atomic mass is 10.1. The third kappa shape index (κ3) is 5.12. The zero-order chi connectivity index (χ0) is 19.3. The molecule has 1 aromatic carbocycles. The molecule has 7 nitrogen and oxygen atoms in total. The first-order valence-electron chi connectivity index (χ1n) is 8.97. The van der Waals surface area contributed by atoms with Crippen LogP contribution in [0, 0.1) is 0 Å². The topological polar surface area (TPSA) is 91.4 Å². The molecule has 2 heterocycles. The summed E-state index contributed by atoms with van der Waals surface area (Å²) in [4.78, 5) is 18.6. The van der Waals surface area contributed by atoms with Crippen LogP contribution < -0.4 is 10.0 Å². The Morgan fingerprint density at radius 2 is 2.19 bits per heavy atom. The Morgan fingerprint density at radius 1 is 1.33 bits per heavy atom. The molecular formula is C19H24N4O3S. The number of carbonyl (C=O) groups excluding carboxylic acids is 1.